The molecular formula is C19H35N3O. The van der Waals surface area contributed by atoms with Crippen molar-refractivity contribution in [2.75, 3.05) is 13.1 Å². The van der Waals surface area contributed by atoms with E-state index in [-0.39, 0.29) is 12.5 Å². The van der Waals surface area contributed by atoms with E-state index >= 15 is 0 Å². The zero-order valence-corrected chi connectivity index (χ0v) is 14.9. The van der Waals surface area contributed by atoms with Crippen molar-refractivity contribution in [3.05, 3.63) is 19.1 Å². The third kappa shape index (κ3) is 11.1. The Bertz CT molecular complexity index is 331. The fraction of sp³-hybridized carbons (Fsp3) is 0.789. The van der Waals surface area contributed by atoms with Crippen molar-refractivity contribution in [1.29, 1.82) is 0 Å². The van der Waals surface area contributed by atoms with Gasteiger partial charge in [0.05, 0.1) is 6.54 Å². The van der Waals surface area contributed by atoms with Gasteiger partial charge in [-0.1, -0.05) is 77.6 Å². The highest BCUT2D eigenvalue weighted by Crippen LogP contribution is 2.14. The molecule has 1 aliphatic heterocycles. The van der Waals surface area contributed by atoms with Crippen LogP contribution in [0.25, 0.3) is 0 Å². The molecule has 1 aliphatic rings. The summed E-state index contributed by atoms with van der Waals surface area (Å²) in [5, 5.41) is 0. The third-order valence-electron chi connectivity index (χ3n) is 4.26. The van der Waals surface area contributed by atoms with Gasteiger partial charge in [-0.2, -0.15) is 0 Å². The van der Waals surface area contributed by atoms with Gasteiger partial charge in [0.25, 0.3) is 0 Å². The molecule has 0 aromatic rings. The topological polar surface area (TPSA) is 49.6 Å². The number of carbonyl (C=O) groups excluding carboxylic acids is 1. The number of primary amides is 1. The lowest BCUT2D eigenvalue weighted by atomic mass is 10.1. The molecule has 0 saturated carbocycles. The highest BCUT2D eigenvalue weighted by Gasteiger charge is 2.15. The number of nitrogens with zero attached hydrogens (tertiary/aromatic N) is 2. The molecule has 2 N–H and O–H groups in total. The fourth-order valence-electron chi connectivity index (χ4n) is 2.90. The zero-order chi connectivity index (χ0) is 16.8. The minimum atomic E-state index is -0.325. The summed E-state index contributed by atoms with van der Waals surface area (Å²) in [6.07, 6.45) is 20.2. The lowest BCUT2D eigenvalue weighted by Gasteiger charge is -2.17. The maximum Gasteiger partial charge on any atom is 0.237 e. The van der Waals surface area contributed by atoms with Gasteiger partial charge in [0.15, 0.2) is 0 Å². The Hall–Kier alpha value is -1.19. The molecule has 0 aromatic heterocycles. The quantitative estimate of drug-likeness (QED) is 0.459. The van der Waals surface area contributed by atoms with Gasteiger partial charge in [-0.25, -0.2) is 0 Å². The normalized spacial score (nSPS) is 14.0. The molecule has 23 heavy (non-hydrogen) atoms. The van der Waals surface area contributed by atoms with E-state index < -0.39 is 0 Å². The van der Waals surface area contributed by atoms with Crippen molar-refractivity contribution in [2.24, 2.45) is 5.73 Å². The summed E-state index contributed by atoms with van der Waals surface area (Å²) in [5.74, 6) is -0.325. The largest absolute Gasteiger partial charge is 0.368 e. The lowest BCUT2D eigenvalue weighted by Crippen LogP contribution is -2.29. The molecule has 4 heteroatoms. The molecule has 0 bridgehead atoms. The summed E-state index contributed by atoms with van der Waals surface area (Å²) < 4.78 is 0. The van der Waals surface area contributed by atoms with E-state index in [0.29, 0.717) is 0 Å². The van der Waals surface area contributed by atoms with Crippen LogP contribution in [0.15, 0.2) is 12.4 Å². The lowest BCUT2D eigenvalue weighted by molar-refractivity contribution is -0.118. The molecule has 1 rings (SSSR count). The van der Waals surface area contributed by atoms with Gasteiger partial charge >= 0.3 is 0 Å². The average Bonchev–Trinajstić information content (AvgIpc) is 2.95. The van der Waals surface area contributed by atoms with E-state index in [1.807, 2.05) is 17.3 Å². The second-order valence-corrected chi connectivity index (χ2v) is 6.57. The van der Waals surface area contributed by atoms with Crippen molar-refractivity contribution in [2.45, 2.75) is 84.0 Å². The summed E-state index contributed by atoms with van der Waals surface area (Å²) in [7, 11) is 0. The van der Waals surface area contributed by atoms with Crippen LogP contribution in [0.2, 0.25) is 0 Å². The first-order valence-corrected chi connectivity index (χ1v) is 9.48. The second-order valence-electron chi connectivity index (χ2n) is 6.57. The van der Waals surface area contributed by atoms with Crippen LogP contribution in [0, 0.1) is 6.67 Å². The number of rotatable bonds is 15. The van der Waals surface area contributed by atoms with Crippen LogP contribution in [0.1, 0.15) is 84.0 Å². The van der Waals surface area contributed by atoms with Crippen LogP contribution >= 0.6 is 0 Å². The van der Waals surface area contributed by atoms with E-state index in [4.69, 9.17) is 5.73 Å². The van der Waals surface area contributed by atoms with Gasteiger partial charge < -0.3 is 15.5 Å². The van der Waals surface area contributed by atoms with Crippen molar-refractivity contribution in [3.8, 4) is 0 Å². The second kappa shape index (κ2) is 13.3. The van der Waals surface area contributed by atoms with Crippen LogP contribution in [-0.2, 0) is 4.79 Å². The number of hydrogen-bond donors (Lipinski definition) is 1. The van der Waals surface area contributed by atoms with Gasteiger partial charge in [-0.3, -0.25) is 4.79 Å². The predicted molar refractivity (Wildman–Crippen MR) is 96.1 cm³/mol. The number of unbranched alkanes of at least 4 members (excludes halogenated alkanes) is 11. The number of carbonyl (C=O) groups is 1. The van der Waals surface area contributed by atoms with Gasteiger partial charge in [-0.05, 0) is 6.42 Å². The summed E-state index contributed by atoms with van der Waals surface area (Å²) in [6, 6.07) is 0. The first-order chi connectivity index (χ1) is 11.2. The van der Waals surface area contributed by atoms with E-state index in [1.54, 1.807) is 4.90 Å². The molecule has 4 nitrogen and oxygen atoms in total. The molecule has 0 unspecified atom stereocenters. The molecule has 1 amide bonds. The molecule has 0 aliphatic carbocycles. The Morgan fingerprint density at radius 1 is 0.826 bits per heavy atom. The van der Waals surface area contributed by atoms with E-state index in [1.165, 1.54) is 77.0 Å². The van der Waals surface area contributed by atoms with E-state index in [9.17, 15) is 4.79 Å². The van der Waals surface area contributed by atoms with E-state index in [2.05, 4.69) is 13.6 Å². The molecule has 1 heterocycles. The maximum absolute atomic E-state index is 10.8. The number of hydrogen-bond acceptors (Lipinski definition) is 3. The van der Waals surface area contributed by atoms with Gasteiger partial charge in [0, 0.05) is 18.9 Å². The zero-order valence-electron chi connectivity index (χ0n) is 14.9. The van der Waals surface area contributed by atoms with Crippen molar-refractivity contribution in [3.63, 3.8) is 0 Å². The van der Waals surface area contributed by atoms with Gasteiger partial charge in [0.2, 0.25) is 12.6 Å². The Labute approximate surface area is 143 Å². The number of nitrogens with two attached hydrogens (primary N) is 1. The van der Waals surface area contributed by atoms with Crippen LogP contribution in [0.5, 0.6) is 0 Å². The van der Waals surface area contributed by atoms with Crippen molar-refractivity contribution >= 4 is 5.91 Å². The molecule has 0 saturated heterocycles. The van der Waals surface area contributed by atoms with Crippen LogP contribution in [0.3, 0.4) is 0 Å². The first kappa shape index (κ1) is 19.9. The van der Waals surface area contributed by atoms with Crippen molar-refractivity contribution in [1.82, 2.24) is 9.80 Å². The first-order valence-electron chi connectivity index (χ1n) is 9.48. The average molecular weight is 322 g/mol. The monoisotopic (exact) mass is 321 g/mol. The highest BCUT2D eigenvalue weighted by molar-refractivity contribution is 5.76. The predicted octanol–water partition coefficient (Wildman–Crippen LogP) is 4.26. The fourth-order valence-corrected chi connectivity index (χ4v) is 2.90. The molecule has 0 atom stereocenters. The Balaban J connectivity index is 1.80. The molecule has 0 aromatic carbocycles. The Kier molecular flexibility index (Phi) is 11.5. The summed E-state index contributed by atoms with van der Waals surface area (Å²) >= 11 is 0. The summed E-state index contributed by atoms with van der Waals surface area (Å²) in [5.41, 5.74) is 5.16. The minimum absolute atomic E-state index is 0.214. The van der Waals surface area contributed by atoms with Crippen LogP contribution in [0.4, 0.5) is 0 Å². The minimum Gasteiger partial charge on any atom is -0.368 e. The smallest absolute Gasteiger partial charge is 0.237 e. The number of amides is 1. The Morgan fingerprint density at radius 3 is 1.83 bits per heavy atom. The van der Waals surface area contributed by atoms with Gasteiger partial charge in [0.1, 0.15) is 0 Å². The van der Waals surface area contributed by atoms with Crippen molar-refractivity contribution < 1.29 is 4.79 Å². The summed E-state index contributed by atoms with van der Waals surface area (Å²) in [4.78, 5) is 14.5. The summed E-state index contributed by atoms with van der Waals surface area (Å²) in [6.45, 7) is 6.58. The highest BCUT2D eigenvalue weighted by atomic mass is 16.1. The molecule has 132 valence electrons. The van der Waals surface area contributed by atoms with Crippen LogP contribution < -0.4 is 5.73 Å². The Morgan fingerprint density at radius 2 is 1.30 bits per heavy atom. The van der Waals surface area contributed by atoms with Gasteiger partial charge in [-0.15, -0.1) is 0 Å². The van der Waals surface area contributed by atoms with E-state index in [0.717, 1.165) is 6.54 Å². The molecule has 2 radical (unpaired) electrons. The molecular weight excluding hydrogens is 286 g/mol. The third-order valence-corrected chi connectivity index (χ3v) is 4.26. The SMILES string of the molecule is CCCCCCCCCCCCCCN1[C]N(CC(N)=O)C=C1. The maximum atomic E-state index is 10.8. The standard InChI is InChI=1S/C19H35N3O/c1-2-3-4-5-6-7-8-9-10-11-12-13-14-21-15-16-22(18-21)17-19(20)23/h15-16H,2-14,17H2,1H3,(H2,20,23). The molecule has 0 fully saturated rings. The van der Waals surface area contributed by atoms with Crippen LogP contribution in [-0.4, -0.2) is 28.8 Å². The molecule has 0 spiro atoms.